The minimum absolute atomic E-state index is 0.945. The van der Waals surface area contributed by atoms with Crippen molar-refractivity contribution in [3.63, 3.8) is 0 Å². The Bertz CT molecular complexity index is 92.6. The first-order valence-corrected chi connectivity index (χ1v) is 3.64. The summed E-state index contributed by atoms with van der Waals surface area (Å²) in [5.74, 6) is 0. The maximum absolute atomic E-state index is 3.75. The summed E-state index contributed by atoms with van der Waals surface area (Å²) in [6, 6.07) is 0. The lowest BCUT2D eigenvalue weighted by atomic mass is 10.5. The minimum atomic E-state index is 0.945. The fourth-order valence-corrected chi connectivity index (χ4v) is 0.763. The molecular weight excluding hydrogens is 120 g/mol. The van der Waals surface area contributed by atoms with Crippen molar-refractivity contribution in [3.8, 4) is 0 Å². The fourth-order valence-electron chi connectivity index (χ4n) is 0.335. The van der Waals surface area contributed by atoms with Crippen molar-refractivity contribution in [1.82, 2.24) is 0 Å². The van der Waals surface area contributed by atoms with Crippen LogP contribution in [0, 0.1) is 0 Å². The van der Waals surface area contributed by atoms with Crippen molar-refractivity contribution in [1.29, 1.82) is 0 Å². The van der Waals surface area contributed by atoms with Crippen LogP contribution in [0.15, 0.2) is 10.2 Å². The number of thioether (sulfide) groups is 1. The van der Waals surface area contributed by atoms with E-state index in [1.165, 1.54) is 0 Å². The molecule has 46 valence electrons. The van der Waals surface area contributed by atoms with E-state index in [0.29, 0.717) is 0 Å². The summed E-state index contributed by atoms with van der Waals surface area (Å²) in [5, 5.41) is 8.18. The molecule has 0 rings (SSSR count). The van der Waals surface area contributed by atoms with Gasteiger partial charge in [0.05, 0.1) is 5.04 Å². The summed E-state index contributed by atoms with van der Waals surface area (Å²) < 4.78 is 0. The van der Waals surface area contributed by atoms with Crippen LogP contribution in [0.4, 0.5) is 0 Å². The summed E-state index contributed by atoms with van der Waals surface area (Å²) in [5.41, 5.74) is 0. The smallest absolute Gasteiger partial charge is 0.0953 e. The van der Waals surface area contributed by atoms with Gasteiger partial charge in [-0.15, -0.1) is 16.9 Å². The van der Waals surface area contributed by atoms with E-state index >= 15 is 0 Å². The molecule has 0 aliphatic rings. The van der Waals surface area contributed by atoms with E-state index in [1.807, 2.05) is 13.2 Å². The van der Waals surface area contributed by atoms with Gasteiger partial charge in [-0.25, -0.2) is 0 Å². The summed E-state index contributed by atoms with van der Waals surface area (Å²) in [7, 11) is 0. The zero-order valence-corrected chi connectivity index (χ0v) is 6.03. The highest BCUT2D eigenvalue weighted by Crippen LogP contribution is 2.01. The highest BCUT2D eigenvalue weighted by molar-refractivity contribution is 8.13. The molecule has 0 aliphatic carbocycles. The third kappa shape index (κ3) is 2.80. The van der Waals surface area contributed by atoms with Crippen LogP contribution in [-0.4, -0.2) is 18.0 Å². The lowest BCUT2D eigenvalue weighted by Crippen LogP contribution is -1.84. The molecular formula is C5H10N2S. The third-order valence-corrected chi connectivity index (χ3v) is 1.56. The molecule has 0 aliphatic heterocycles. The quantitative estimate of drug-likeness (QED) is 0.317. The van der Waals surface area contributed by atoms with Gasteiger partial charge in [0.25, 0.3) is 0 Å². The van der Waals surface area contributed by atoms with Gasteiger partial charge in [-0.05, 0) is 12.7 Å². The molecule has 0 heterocycles. The normalized spacial score (nSPS) is 11.5. The fraction of sp³-hybridized carbons (Fsp3) is 0.600. The van der Waals surface area contributed by atoms with Gasteiger partial charge < -0.3 is 0 Å². The maximum Gasteiger partial charge on any atom is 0.0953 e. The molecule has 0 bridgehead atoms. The van der Waals surface area contributed by atoms with Crippen molar-refractivity contribution in [2.75, 3.05) is 6.26 Å². The third-order valence-electron chi connectivity index (χ3n) is 0.720. The predicted molar refractivity (Wildman–Crippen MR) is 40.8 cm³/mol. The Morgan fingerprint density at radius 1 is 1.75 bits per heavy atom. The number of nitrogens with zero attached hydrogens (tertiary/aromatic N) is 2. The molecule has 0 aromatic rings. The summed E-state index contributed by atoms with van der Waals surface area (Å²) >= 11 is 1.61. The Balaban J connectivity index is 3.66. The second-order valence-electron chi connectivity index (χ2n) is 1.19. The van der Waals surface area contributed by atoms with E-state index in [4.69, 9.17) is 0 Å². The largest absolute Gasteiger partial charge is 0.166 e. The highest BCUT2D eigenvalue weighted by atomic mass is 32.2. The maximum atomic E-state index is 3.75. The van der Waals surface area contributed by atoms with Gasteiger partial charge in [0.1, 0.15) is 0 Å². The first-order chi connectivity index (χ1) is 3.85. The van der Waals surface area contributed by atoms with E-state index in [-0.39, 0.29) is 0 Å². The van der Waals surface area contributed by atoms with Gasteiger partial charge in [0.2, 0.25) is 0 Å². The van der Waals surface area contributed by atoms with Crippen LogP contribution in [0.1, 0.15) is 13.3 Å². The molecule has 0 saturated heterocycles. The topological polar surface area (TPSA) is 24.7 Å². The summed E-state index contributed by atoms with van der Waals surface area (Å²) in [6.45, 7) is 5.29. The van der Waals surface area contributed by atoms with Gasteiger partial charge in [-0.2, -0.15) is 5.10 Å². The van der Waals surface area contributed by atoms with Gasteiger partial charge in [0, 0.05) is 6.72 Å². The Hall–Kier alpha value is -0.310. The van der Waals surface area contributed by atoms with Gasteiger partial charge >= 0.3 is 0 Å². The molecule has 0 N–H and O–H groups in total. The highest BCUT2D eigenvalue weighted by Gasteiger charge is 1.87. The number of hydrogen-bond acceptors (Lipinski definition) is 3. The summed E-state index contributed by atoms with van der Waals surface area (Å²) in [6.07, 6.45) is 2.92. The van der Waals surface area contributed by atoms with Crippen LogP contribution in [0.25, 0.3) is 0 Å². The molecule has 0 unspecified atom stereocenters. The first-order valence-electron chi connectivity index (χ1n) is 2.41. The molecule has 3 heteroatoms. The van der Waals surface area contributed by atoms with Crippen molar-refractivity contribution in [2.24, 2.45) is 10.2 Å². The van der Waals surface area contributed by atoms with Gasteiger partial charge in [-0.1, -0.05) is 6.92 Å². The van der Waals surface area contributed by atoms with E-state index in [2.05, 4.69) is 16.9 Å². The van der Waals surface area contributed by atoms with Crippen LogP contribution in [0.5, 0.6) is 0 Å². The molecule has 0 spiro atoms. The van der Waals surface area contributed by atoms with Crippen LogP contribution < -0.4 is 0 Å². The van der Waals surface area contributed by atoms with E-state index < -0.39 is 0 Å². The van der Waals surface area contributed by atoms with Crippen molar-refractivity contribution < 1.29 is 0 Å². The Labute approximate surface area is 54.1 Å². The molecule has 0 atom stereocenters. The zero-order valence-electron chi connectivity index (χ0n) is 5.22. The van der Waals surface area contributed by atoms with Gasteiger partial charge in [-0.3, -0.25) is 0 Å². The second-order valence-corrected chi connectivity index (χ2v) is 2.07. The molecule has 0 fully saturated rings. The molecule has 0 amide bonds. The molecule has 0 aromatic carbocycles. The Morgan fingerprint density at radius 3 is 2.50 bits per heavy atom. The lowest BCUT2D eigenvalue weighted by Gasteiger charge is -1.90. The zero-order chi connectivity index (χ0) is 6.41. The van der Waals surface area contributed by atoms with Crippen LogP contribution in [0.2, 0.25) is 0 Å². The van der Waals surface area contributed by atoms with E-state index in [9.17, 15) is 0 Å². The van der Waals surface area contributed by atoms with Crippen molar-refractivity contribution in [3.05, 3.63) is 0 Å². The average molecular weight is 130 g/mol. The van der Waals surface area contributed by atoms with E-state index in [1.54, 1.807) is 11.8 Å². The predicted octanol–water partition coefficient (Wildman–Crippen LogP) is 1.77. The van der Waals surface area contributed by atoms with Gasteiger partial charge in [0.15, 0.2) is 0 Å². The Morgan fingerprint density at radius 2 is 2.38 bits per heavy atom. The van der Waals surface area contributed by atoms with Crippen LogP contribution in [-0.2, 0) is 0 Å². The molecule has 0 saturated carbocycles. The molecule has 0 aromatic heterocycles. The molecule has 8 heavy (non-hydrogen) atoms. The average Bonchev–Trinajstić information content (AvgIpc) is 1.83. The monoisotopic (exact) mass is 130 g/mol. The number of rotatable bonds is 2. The minimum Gasteiger partial charge on any atom is -0.166 e. The van der Waals surface area contributed by atoms with Crippen LogP contribution in [0.3, 0.4) is 0 Å². The SMILES string of the molecule is C=N/N=C(/CC)SC. The first kappa shape index (κ1) is 7.69. The second kappa shape index (κ2) is 4.84. The molecule has 2 nitrogen and oxygen atoms in total. The van der Waals surface area contributed by atoms with Crippen molar-refractivity contribution >= 4 is 23.5 Å². The van der Waals surface area contributed by atoms with Crippen molar-refractivity contribution in [2.45, 2.75) is 13.3 Å². The molecule has 0 radical (unpaired) electrons. The summed E-state index contributed by atoms with van der Waals surface area (Å²) in [4.78, 5) is 0. The van der Waals surface area contributed by atoms with E-state index in [0.717, 1.165) is 11.5 Å². The standard InChI is InChI=1S/C5H10N2S/c1-4-5(8-3)7-6-2/h2,4H2,1,3H3/b7-5-. The van der Waals surface area contributed by atoms with Crippen LogP contribution >= 0.6 is 11.8 Å². The Kier molecular flexibility index (Phi) is 4.65. The number of hydrogen-bond donors (Lipinski definition) is 0. The lowest BCUT2D eigenvalue weighted by molar-refractivity contribution is 1.21.